The maximum Gasteiger partial charge on any atom is 0.224 e. The number of nitrogens with zero attached hydrogens (tertiary/aromatic N) is 3. The summed E-state index contributed by atoms with van der Waals surface area (Å²) in [6.07, 6.45) is 4.52. The first-order valence-corrected chi connectivity index (χ1v) is 10.2. The first-order valence-electron chi connectivity index (χ1n) is 10.2. The number of carbonyl (C=O) groups excluding carboxylic acids is 1. The summed E-state index contributed by atoms with van der Waals surface area (Å²) in [5.74, 6) is 1.02. The van der Waals surface area contributed by atoms with E-state index in [1.807, 2.05) is 47.4 Å². The molecule has 1 aromatic heterocycles. The zero-order chi connectivity index (χ0) is 20.1. The predicted octanol–water partition coefficient (Wildman–Crippen LogP) is 2.99. The highest BCUT2D eigenvalue weighted by molar-refractivity contribution is 5.88. The average Bonchev–Trinajstić information content (AvgIpc) is 2.75. The van der Waals surface area contributed by atoms with Crippen molar-refractivity contribution < 1.29 is 4.79 Å². The molecule has 0 bridgehead atoms. The number of hydrogen-bond acceptors (Lipinski definition) is 5. The van der Waals surface area contributed by atoms with E-state index >= 15 is 0 Å². The second-order valence-electron chi connectivity index (χ2n) is 7.69. The van der Waals surface area contributed by atoms with E-state index in [1.54, 1.807) is 6.33 Å². The lowest BCUT2D eigenvalue weighted by atomic mass is 10.0. The Bertz CT molecular complexity index is 948. The number of anilines is 1. The lowest BCUT2D eigenvalue weighted by Gasteiger charge is -2.33. The number of benzene rings is 2. The number of nitrogens with two attached hydrogens (primary N) is 1. The van der Waals surface area contributed by atoms with Crippen LogP contribution in [0.15, 0.2) is 60.9 Å². The van der Waals surface area contributed by atoms with E-state index in [9.17, 15) is 4.79 Å². The minimum Gasteiger partial charge on any atom is -0.367 e. The van der Waals surface area contributed by atoms with Gasteiger partial charge in [0.05, 0.1) is 5.52 Å². The van der Waals surface area contributed by atoms with Gasteiger partial charge in [-0.15, -0.1) is 0 Å². The molecule has 0 spiro atoms. The Balaban J connectivity index is 1.28. The molecule has 3 N–H and O–H groups in total. The van der Waals surface area contributed by atoms with Gasteiger partial charge in [-0.05, 0) is 37.0 Å². The summed E-state index contributed by atoms with van der Waals surface area (Å²) in [5.41, 5.74) is 8.33. The topological polar surface area (TPSA) is 84.1 Å². The zero-order valence-electron chi connectivity index (χ0n) is 16.5. The molecule has 1 unspecified atom stereocenters. The van der Waals surface area contributed by atoms with E-state index in [4.69, 9.17) is 5.73 Å². The van der Waals surface area contributed by atoms with Crippen LogP contribution in [0.25, 0.3) is 10.9 Å². The van der Waals surface area contributed by atoms with Gasteiger partial charge in [0, 0.05) is 37.0 Å². The summed E-state index contributed by atoms with van der Waals surface area (Å²) < 4.78 is 0. The minimum atomic E-state index is -0.145. The van der Waals surface area contributed by atoms with Crippen molar-refractivity contribution >= 4 is 22.6 Å². The molecule has 150 valence electrons. The number of piperidine rings is 1. The normalized spacial score (nSPS) is 16.0. The minimum absolute atomic E-state index is 0.145. The van der Waals surface area contributed by atoms with Crippen molar-refractivity contribution in [2.24, 2.45) is 5.73 Å². The molecule has 0 radical (unpaired) electrons. The third-order valence-electron chi connectivity index (χ3n) is 5.51. The highest BCUT2D eigenvalue weighted by Crippen LogP contribution is 2.22. The van der Waals surface area contributed by atoms with Gasteiger partial charge in [0.2, 0.25) is 5.91 Å². The van der Waals surface area contributed by atoms with E-state index in [1.165, 1.54) is 5.56 Å². The summed E-state index contributed by atoms with van der Waals surface area (Å²) in [6, 6.07) is 18.3. The molecule has 2 heterocycles. The highest BCUT2D eigenvalue weighted by atomic mass is 16.2. The molecule has 2 aromatic carbocycles. The number of hydrogen-bond donors (Lipinski definition) is 2. The lowest BCUT2D eigenvalue weighted by molar-refractivity contribution is -0.132. The second kappa shape index (κ2) is 9.01. The molecule has 0 saturated carbocycles. The molecule has 0 aliphatic carbocycles. The van der Waals surface area contributed by atoms with E-state index in [2.05, 4.69) is 27.4 Å². The number of rotatable bonds is 6. The molecule has 1 fully saturated rings. The van der Waals surface area contributed by atoms with Gasteiger partial charge >= 0.3 is 0 Å². The van der Waals surface area contributed by atoms with E-state index in [0.29, 0.717) is 12.5 Å². The number of fused-ring (bicyclic) bond motifs is 1. The highest BCUT2D eigenvalue weighted by Gasteiger charge is 2.24. The Kier molecular flexibility index (Phi) is 6.00. The molecule has 1 aliphatic rings. The van der Waals surface area contributed by atoms with Crippen LogP contribution in [0.2, 0.25) is 0 Å². The van der Waals surface area contributed by atoms with Crippen molar-refractivity contribution in [3.63, 3.8) is 0 Å². The van der Waals surface area contributed by atoms with Gasteiger partial charge in [0.15, 0.2) is 0 Å². The molecule has 1 saturated heterocycles. The van der Waals surface area contributed by atoms with Gasteiger partial charge in [-0.25, -0.2) is 9.97 Å². The summed E-state index contributed by atoms with van der Waals surface area (Å²) in [5, 5.41) is 4.57. The predicted molar refractivity (Wildman–Crippen MR) is 116 cm³/mol. The third kappa shape index (κ3) is 4.90. The number of carbonyl (C=O) groups is 1. The van der Waals surface area contributed by atoms with Crippen molar-refractivity contribution in [1.29, 1.82) is 0 Å². The number of aromatic nitrogens is 2. The molecular weight excluding hydrogens is 362 g/mol. The van der Waals surface area contributed by atoms with Gasteiger partial charge in [-0.1, -0.05) is 42.5 Å². The van der Waals surface area contributed by atoms with Crippen molar-refractivity contribution in [2.75, 3.05) is 18.4 Å². The summed E-state index contributed by atoms with van der Waals surface area (Å²) in [7, 11) is 0. The number of likely N-dealkylation sites (tertiary alicyclic amines) is 1. The number of amides is 1. The van der Waals surface area contributed by atoms with Crippen LogP contribution in [0.4, 0.5) is 5.82 Å². The Hall–Kier alpha value is -2.99. The first kappa shape index (κ1) is 19.3. The van der Waals surface area contributed by atoms with Crippen LogP contribution in [-0.4, -0.2) is 45.9 Å². The summed E-state index contributed by atoms with van der Waals surface area (Å²) >= 11 is 0. The fraction of sp³-hybridized carbons (Fsp3) is 0.348. The smallest absolute Gasteiger partial charge is 0.224 e. The number of para-hydroxylation sites is 1. The Morgan fingerprint density at radius 3 is 2.59 bits per heavy atom. The zero-order valence-corrected chi connectivity index (χ0v) is 16.5. The monoisotopic (exact) mass is 389 g/mol. The molecule has 3 aromatic rings. The standard InChI is InChI=1S/C23H27N5O/c24-18(14-17-6-2-1-3-7-17)15-22(29)28-12-10-19(11-13-28)27-23-20-8-4-5-9-21(20)25-16-26-23/h1-9,16,18-19H,10-15,24H2,(H,25,26,27). The van der Waals surface area contributed by atoms with Crippen LogP contribution in [0.5, 0.6) is 0 Å². The van der Waals surface area contributed by atoms with Crippen LogP contribution in [0.1, 0.15) is 24.8 Å². The van der Waals surface area contributed by atoms with Crippen LogP contribution < -0.4 is 11.1 Å². The van der Waals surface area contributed by atoms with Gasteiger partial charge in [0.1, 0.15) is 12.1 Å². The Labute approximate surface area is 171 Å². The third-order valence-corrected chi connectivity index (χ3v) is 5.51. The van der Waals surface area contributed by atoms with Crippen LogP contribution >= 0.6 is 0 Å². The van der Waals surface area contributed by atoms with Crippen LogP contribution in [0, 0.1) is 0 Å². The molecule has 4 rings (SSSR count). The van der Waals surface area contributed by atoms with Crippen molar-refractivity contribution in [2.45, 2.75) is 37.8 Å². The Morgan fingerprint density at radius 1 is 1.07 bits per heavy atom. The van der Waals surface area contributed by atoms with Crippen LogP contribution in [-0.2, 0) is 11.2 Å². The molecule has 6 nitrogen and oxygen atoms in total. The van der Waals surface area contributed by atoms with Crippen molar-refractivity contribution in [3.05, 3.63) is 66.5 Å². The first-order chi connectivity index (χ1) is 14.2. The molecule has 1 aliphatic heterocycles. The van der Waals surface area contributed by atoms with E-state index in [-0.39, 0.29) is 11.9 Å². The fourth-order valence-electron chi connectivity index (χ4n) is 3.93. The fourth-order valence-corrected chi connectivity index (χ4v) is 3.93. The molecule has 29 heavy (non-hydrogen) atoms. The molecule has 1 amide bonds. The quantitative estimate of drug-likeness (QED) is 0.677. The summed E-state index contributed by atoms with van der Waals surface area (Å²) in [4.78, 5) is 23.3. The second-order valence-corrected chi connectivity index (χ2v) is 7.69. The molecule has 6 heteroatoms. The van der Waals surface area contributed by atoms with Gasteiger partial charge in [-0.3, -0.25) is 4.79 Å². The lowest BCUT2D eigenvalue weighted by Crippen LogP contribution is -2.44. The van der Waals surface area contributed by atoms with Gasteiger partial charge in [-0.2, -0.15) is 0 Å². The average molecular weight is 390 g/mol. The van der Waals surface area contributed by atoms with Gasteiger partial charge in [0.25, 0.3) is 0 Å². The molecular formula is C23H27N5O. The van der Waals surface area contributed by atoms with Gasteiger partial charge < -0.3 is 16.0 Å². The Morgan fingerprint density at radius 2 is 1.79 bits per heavy atom. The summed E-state index contributed by atoms with van der Waals surface area (Å²) in [6.45, 7) is 1.50. The van der Waals surface area contributed by atoms with E-state index in [0.717, 1.165) is 49.1 Å². The van der Waals surface area contributed by atoms with E-state index < -0.39 is 0 Å². The largest absolute Gasteiger partial charge is 0.367 e. The SMILES string of the molecule is NC(CC(=O)N1CCC(Nc2ncnc3ccccc23)CC1)Cc1ccccc1. The molecule has 1 atom stereocenters. The number of nitrogens with one attached hydrogen (secondary N) is 1. The maximum atomic E-state index is 12.6. The maximum absolute atomic E-state index is 12.6. The van der Waals surface area contributed by atoms with Crippen LogP contribution in [0.3, 0.4) is 0 Å². The van der Waals surface area contributed by atoms with Crippen molar-refractivity contribution in [3.8, 4) is 0 Å². The van der Waals surface area contributed by atoms with Crippen molar-refractivity contribution in [1.82, 2.24) is 14.9 Å².